The molecule has 1 aliphatic heterocycles. The zero-order chi connectivity index (χ0) is 16.8. The number of rotatable bonds is 7. The minimum absolute atomic E-state index is 0.233. The first-order valence-corrected chi connectivity index (χ1v) is 8.64. The van der Waals surface area contributed by atoms with Gasteiger partial charge in [0.25, 0.3) is 5.91 Å². The molecule has 3 rings (SSSR count). The van der Waals surface area contributed by atoms with Gasteiger partial charge >= 0.3 is 0 Å². The molecule has 128 valence electrons. The number of benzene rings is 1. The van der Waals surface area contributed by atoms with E-state index in [9.17, 15) is 4.79 Å². The average molecular weight is 395 g/mol. The highest BCUT2D eigenvalue weighted by molar-refractivity contribution is 9.10. The van der Waals surface area contributed by atoms with Crippen LogP contribution in [0.25, 0.3) is 0 Å². The summed E-state index contributed by atoms with van der Waals surface area (Å²) >= 11 is 3.42. The Bertz CT molecular complexity index is 683. The summed E-state index contributed by atoms with van der Waals surface area (Å²) in [4.78, 5) is 12.0. The predicted octanol–water partition coefficient (Wildman–Crippen LogP) is 2.92. The van der Waals surface area contributed by atoms with E-state index in [0.29, 0.717) is 31.4 Å². The zero-order valence-electron chi connectivity index (χ0n) is 13.2. The van der Waals surface area contributed by atoms with Crippen LogP contribution in [-0.4, -0.2) is 30.8 Å². The van der Waals surface area contributed by atoms with Crippen molar-refractivity contribution >= 4 is 21.8 Å². The largest absolute Gasteiger partial charge is 0.381 e. The van der Waals surface area contributed by atoms with E-state index in [1.165, 1.54) is 0 Å². The molecule has 24 heavy (non-hydrogen) atoms. The van der Waals surface area contributed by atoms with Crippen LogP contribution in [0.5, 0.6) is 0 Å². The van der Waals surface area contributed by atoms with Crippen molar-refractivity contribution in [1.29, 1.82) is 0 Å². The van der Waals surface area contributed by atoms with Crippen LogP contribution in [0, 0.1) is 5.92 Å². The number of carbonyl (C=O) groups is 1. The van der Waals surface area contributed by atoms with Gasteiger partial charge in [-0.1, -0.05) is 33.2 Å². The van der Waals surface area contributed by atoms with Crippen molar-refractivity contribution in [2.24, 2.45) is 5.92 Å². The fourth-order valence-corrected chi connectivity index (χ4v) is 2.90. The summed E-state index contributed by atoms with van der Waals surface area (Å²) in [5.41, 5.74) is 1.33. The van der Waals surface area contributed by atoms with E-state index in [-0.39, 0.29) is 18.2 Å². The van der Waals surface area contributed by atoms with Crippen LogP contribution < -0.4 is 5.32 Å². The molecular formula is C17H19BrN2O4. The summed E-state index contributed by atoms with van der Waals surface area (Å²) in [5, 5.41) is 6.65. The highest BCUT2D eigenvalue weighted by atomic mass is 79.9. The molecule has 6 nitrogen and oxygen atoms in total. The Labute approximate surface area is 148 Å². The van der Waals surface area contributed by atoms with Crippen molar-refractivity contribution in [3.8, 4) is 0 Å². The Kier molecular flexibility index (Phi) is 6.01. The number of hydrogen-bond donors (Lipinski definition) is 1. The van der Waals surface area contributed by atoms with Gasteiger partial charge in [0.05, 0.1) is 13.2 Å². The molecule has 1 saturated heterocycles. The molecule has 1 aliphatic rings. The lowest BCUT2D eigenvalue weighted by Gasteiger charge is -2.07. The molecule has 0 aliphatic carbocycles. The second kappa shape index (κ2) is 8.41. The second-order valence-corrected chi connectivity index (χ2v) is 6.66. The molecule has 2 heterocycles. The van der Waals surface area contributed by atoms with Crippen molar-refractivity contribution < 1.29 is 18.8 Å². The zero-order valence-corrected chi connectivity index (χ0v) is 14.8. The van der Waals surface area contributed by atoms with E-state index >= 15 is 0 Å². The SMILES string of the molecule is O=C(NCC1CCOC1)c1cc(COCc2cccc(Br)c2)on1. The molecule has 7 heteroatoms. The lowest BCUT2D eigenvalue weighted by atomic mass is 10.1. The number of nitrogens with zero attached hydrogens (tertiary/aromatic N) is 1. The van der Waals surface area contributed by atoms with Gasteiger partial charge in [-0.15, -0.1) is 0 Å². The van der Waals surface area contributed by atoms with Crippen LogP contribution in [0.1, 0.15) is 28.2 Å². The van der Waals surface area contributed by atoms with Crippen molar-refractivity contribution in [2.75, 3.05) is 19.8 Å². The second-order valence-electron chi connectivity index (χ2n) is 5.74. The van der Waals surface area contributed by atoms with Crippen LogP contribution >= 0.6 is 15.9 Å². The predicted molar refractivity (Wildman–Crippen MR) is 90.4 cm³/mol. The highest BCUT2D eigenvalue weighted by Crippen LogP contribution is 2.14. The molecule has 1 atom stereocenters. The molecule has 0 saturated carbocycles. The molecule has 0 spiro atoms. The monoisotopic (exact) mass is 394 g/mol. The molecular weight excluding hydrogens is 376 g/mol. The normalized spacial score (nSPS) is 17.1. The van der Waals surface area contributed by atoms with Gasteiger partial charge in [0, 0.05) is 29.6 Å². The fraction of sp³-hybridized carbons (Fsp3) is 0.412. The van der Waals surface area contributed by atoms with E-state index in [0.717, 1.165) is 23.1 Å². The molecule has 0 bridgehead atoms. The third-order valence-corrected chi connectivity index (χ3v) is 4.26. The smallest absolute Gasteiger partial charge is 0.273 e. The Balaban J connectivity index is 1.43. The lowest BCUT2D eigenvalue weighted by Crippen LogP contribution is -2.29. The Morgan fingerprint density at radius 1 is 1.38 bits per heavy atom. The van der Waals surface area contributed by atoms with E-state index in [4.69, 9.17) is 14.0 Å². The number of ether oxygens (including phenoxy) is 2. The third kappa shape index (κ3) is 4.90. The molecule has 0 radical (unpaired) electrons. The van der Waals surface area contributed by atoms with Gasteiger partial charge in [-0.25, -0.2) is 0 Å². The molecule has 1 amide bonds. The maximum absolute atomic E-state index is 12.0. The summed E-state index contributed by atoms with van der Waals surface area (Å²) in [7, 11) is 0. The quantitative estimate of drug-likeness (QED) is 0.781. The first-order valence-electron chi connectivity index (χ1n) is 7.84. The summed E-state index contributed by atoms with van der Waals surface area (Å²) < 4.78 is 17.0. The summed E-state index contributed by atoms with van der Waals surface area (Å²) in [6, 6.07) is 9.50. The van der Waals surface area contributed by atoms with Crippen molar-refractivity contribution in [1.82, 2.24) is 10.5 Å². The van der Waals surface area contributed by atoms with Crippen molar-refractivity contribution in [3.63, 3.8) is 0 Å². The Morgan fingerprint density at radius 3 is 3.08 bits per heavy atom. The molecule has 1 aromatic carbocycles. The molecule has 1 N–H and O–H groups in total. The van der Waals surface area contributed by atoms with Gasteiger partial charge in [-0.2, -0.15) is 0 Å². The summed E-state index contributed by atoms with van der Waals surface area (Å²) in [6.07, 6.45) is 0.980. The third-order valence-electron chi connectivity index (χ3n) is 3.77. The molecule has 1 fully saturated rings. The highest BCUT2D eigenvalue weighted by Gasteiger charge is 2.18. The van der Waals surface area contributed by atoms with Gasteiger partial charge in [-0.05, 0) is 24.1 Å². The molecule has 1 aromatic heterocycles. The van der Waals surface area contributed by atoms with Crippen LogP contribution in [0.15, 0.2) is 39.3 Å². The van der Waals surface area contributed by atoms with Crippen molar-refractivity contribution in [2.45, 2.75) is 19.6 Å². The van der Waals surface area contributed by atoms with Crippen LogP contribution in [0.3, 0.4) is 0 Å². The Hall–Kier alpha value is -1.70. The van der Waals surface area contributed by atoms with E-state index < -0.39 is 0 Å². The minimum Gasteiger partial charge on any atom is -0.381 e. The van der Waals surface area contributed by atoms with Crippen LogP contribution in [0.2, 0.25) is 0 Å². The first-order chi connectivity index (χ1) is 11.7. The van der Waals surface area contributed by atoms with Gasteiger partial charge in [-0.3, -0.25) is 4.79 Å². The number of aromatic nitrogens is 1. The van der Waals surface area contributed by atoms with Gasteiger partial charge in [0.1, 0.15) is 6.61 Å². The number of hydrogen-bond acceptors (Lipinski definition) is 5. The van der Waals surface area contributed by atoms with E-state index in [1.54, 1.807) is 6.07 Å². The molecule has 2 aromatic rings. The maximum atomic E-state index is 12.0. The summed E-state index contributed by atoms with van der Waals surface area (Å²) in [6.45, 7) is 2.80. The Morgan fingerprint density at radius 2 is 2.29 bits per heavy atom. The minimum atomic E-state index is -0.233. The van der Waals surface area contributed by atoms with Gasteiger partial charge in [0.15, 0.2) is 11.5 Å². The van der Waals surface area contributed by atoms with Crippen LogP contribution in [0.4, 0.5) is 0 Å². The number of amides is 1. The number of nitrogens with one attached hydrogen (secondary N) is 1. The van der Waals surface area contributed by atoms with Gasteiger partial charge < -0.3 is 19.3 Å². The lowest BCUT2D eigenvalue weighted by molar-refractivity contribution is 0.0876. The van der Waals surface area contributed by atoms with Crippen LogP contribution in [-0.2, 0) is 22.7 Å². The fourth-order valence-electron chi connectivity index (χ4n) is 2.46. The van der Waals surface area contributed by atoms with Gasteiger partial charge in [0.2, 0.25) is 0 Å². The maximum Gasteiger partial charge on any atom is 0.273 e. The number of halogens is 1. The van der Waals surface area contributed by atoms with Crippen molar-refractivity contribution in [3.05, 3.63) is 51.8 Å². The standard InChI is InChI=1S/C17H19BrN2O4/c18-14-3-1-2-12(6-14)9-23-11-15-7-16(20-24-15)17(21)19-8-13-4-5-22-10-13/h1-3,6-7,13H,4-5,8-11H2,(H,19,21). The number of carbonyl (C=O) groups excluding carboxylic acids is 1. The van der Waals surface area contributed by atoms with E-state index in [2.05, 4.69) is 26.4 Å². The average Bonchev–Trinajstić information content (AvgIpc) is 3.24. The van der Waals surface area contributed by atoms with E-state index in [1.807, 2.05) is 24.3 Å². The first kappa shape index (κ1) is 17.1. The summed E-state index contributed by atoms with van der Waals surface area (Å²) in [5.74, 6) is 0.678. The molecule has 1 unspecified atom stereocenters. The topological polar surface area (TPSA) is 73.6 Å².